The Kier molecular flexibility index (Phi) is 5.64. The topological polar surface area (TPSA) is 15.3 Å². The summed E-state index contributed by atoms with van der Waals surface area (Å²) in [6.45, 7) is 4.40. The summed E-state index contributed by atoms with van der Waals surface area (Å²) >= 11 is 6.16. The van der Waals surface area contributed by atoms with E-state index >= 15 is 0 Å². The van der Waals surface area contributed by atoms with Crippen LogP contribution >= 0.6 is 11.6 Å². The molecule has 0 aliphatic carbocycles. The SMILES string of the molecule is CCN(C)CCCc1cc(NC)ccc1Cl. The van der Waals surface area contributed by atoms with Gasteiger partial charge in [0.05, 0.1) is 0 Å². The van der Waals surface area contributed by atoms with Crippen LogP contribution in [0.5, 0.6) is 0 Å². The predicted octanol–water partition coefficient (Wildman–Crippen LogP) is 3.27. The number of hydrogen-bond donors (Lipinski definition) is 1. The summed E-state index contributed by atoms with van der Waals surface area (Å²) in [6.07, 6.45) is 2.19. The largest absolute Gasteiger partial charge is 0.388 e. The smallest absolute Gasteiger partial charge is 0.0439 e. The van der Waals surface area contributed by atoms with Crippen LogP contribution in [-0.4, -0.2) is 32.1 Å². The van der Waals surface area contributed by atoms with E-state index in [0.29, 0.717) is 0 Å². The number of hydrogen-bond acceptors (Lipinski definition) is 2. The summed E-state index contributed by atoms with van der Waals surface area (Å²) in [5, 5.41) is 4.01. The molecule has 0 saturated heterocycles. The molecule has 1 N–H and O–H groups in total. The molecule has 0 fully saturated rings. The quantitative estimate of drug-likeness (QED) is 0.821. The van der Waals surface area contributed by atoms with Crippen molar-refractivity contribution in [2.75, 3.05) is 32.5 Å². The molecule has 0 aliphatic heterocycles. The molecule has 0 spiro atoms. The number of aryl methyl sites for hydroxylation is 1. The van der Waals surface area contributed by atoms with Gasteiger partial charge in [0.1, 0.15) is 0 Å². The Morgan fingerprint density at radius 2 is 2.12 bits per heavy atom. The average Bonchev–Trinajstić information content (AvgIpc) is 2.31. The number of rotatable bonds is 6. The maximum atomic E-state index is 6.16. The van der Waals surface area contributed by atoms with Crippen LogP contribution in [0.25, 0.3) is 0 Å². The minimum Gasteiger partial charge on any atom is -0.388 e. The van der Waals surface area contributed by atoms with Crippen LogP contribution in [0.3, 0.4) is 0 Å². The normalized spacial score (nSPS) is 10.8. The number of anilines is 1. The fourth-order valence-electron chi connectivity index (χ4n) is 1.62. The van der Waals surface area contributed by atoms with Gasteiger partial charge in [0, 0.05) is 17.8 Å². The van der Waals surface area contributed by atoms with E-state index in [1.807, 2.05) is 19.2 Å². The molecule has 1 aromatic rings. The molecule has 3 heteroatoms. The van der Waals surface area contributed by atoms with Crippen molar-refractivity contribution in [2.45, 2.75) is 19.8 Å². The first-order valence-electron chi connectivity index (χ1n) is 5.82. The number of nitrogens with zero attached hydrogens (tertiary/aromatic N) is 1. The van der Waals surface area contributed by atoms with Crippen LogP contribution in [-0.2, 0) is 6.42 Å². The molecule has 16 heavy (non-hydrogen) atoms. The van der Waals surface area contributed by atoms with Crippen molar-refractivity contribution < 1.29 is 0 Å². The standard InChI is InChI=1S/C13H21ClN2/c1-4-16(3)9-5-6-11-10-12(15-2)7-8-13(11)14/h7-8,10,15H,4-6,9H2,1-3H3. The highest BCUT2D eigenvalue weighted by Crippen LogP contribution is 2.21. The van der Waals surface area contributed by atoms with Crippen molar-refractivity contribution in [1.29, 1.82) is 0 Å². The van der Waals surface area contributed by atoms with Crippen molar-refractivity contribution in [1.82, 2.24) is 4.90 Å². The molecule has 0 aliphatic rings. The fourth-order valence-corrected chi connectivity index (χ4v) is 1.83. The molecule has 1 rings (SSSR count). The van der Waals surface area contributed by atoms with E-state index in [1.54, 1.807) is 0 Å². The Bertz CT molecular complexity index is 326. The molecule has 0 radical (unpaired) electrons. The third kappa shape index (κ3) is 4.03. The van der Waals surface area contributed by atoms with Crippen molar-refractivity contribution >= 4 is 17.3 Å². The van der Waals surface area contributed by atoms with Crippen LogP contribution in [0.2, 0.25) is 5.02 Å². The van der Waals surface area contributed by atoms with Crippen LogP contribution < -0.4 is 5.32 Å². The highest BCUT2D eigenvalue weighted by molar-refractivity contribution is 6.31. The van der Waals surface area contributed by atoms with Gasteiger partial charge in [0.2, 0.25) is 0 Å². The summed E-state index contributed by atoms with van der Waals surface area (Å²) in [6, 6.07) is 6.10. The van der Waals surface area contributed by atoms with E-state index in [1.165, 1.54) is 5.56 Å². The molecule has 0 amide bonds. The van der Waals surface area contributed by atoms with Crippen molar-refractivity contribution in [3.63, 3.8) is 0 Å². The molecule has 0 unspecified atom stereocenters. The molecular formula is C13H21ClN2. The predicted molar refractivity (Wildman–Crippen MR) is 72.5 cm³/mol. The lowest BCUT2D eigenvalue weighted by molar-refractivity contribution is 0.347. The summed E-state index contributed by atoms with van der Waals surface area (Å²) in [4.78, 5) is 2.32. The van der Waals surface area contributed by atoms with Gasteiger partial charge in [-0.2, -0.15) is 0 Å². The van der Waals surface area contributed by atoms with Crippen LogP contribution in [0.1, 0.15) is 18.9 Å². The Hall–Kier alpha value is -0.730. The first kappa shape index (κ1) is 13.3. The van der Waals surface area contributed by atoms with E-state index in [0.717, 1.165) is 36.6 Å². The number of nitrogens with one attached hydrogen (secondary N) is 1. The minimum absolute atomic E-state index is 0.873. The van der Waals surface area contributed by atoms with Crippen molar-refractivity contribution in [2.24, 2.45) is 0 Å². The zero-order valence-corrected chi connectivity index (χ0v) is 11.1. The molecule has 0 saturated carbocycles. The second-order valence-corrected chi connectivity index (χ2v) is 4.46. The van der Waals surface area contributed by atoms with Gasteiger partial charge < -0.3 is 10.2 Å². The maximum absolute atomic E-state index is 6.16. The Morgan fingerprint density at radius 3 is 2.75 bits per heavy atom. The van der Waals surface area contributed by atoms with Crippen LogP contribution in [0, 0.1) is 0 Å². The van der Waals surface area contributed by atoms with Gasteiger partial charge in [0.25, 0.3) is 0 Å². The van der Waals surface area contributed by atoms with Gasteiger partial charge in [-0.25, -0.2) is 0 Å². The lowest BCUT2D eigenvalue weighted by Crippen LogP contribution is -2.19. The first-order valence-corrected chi connectivity index (χ1v) is 6.20. The third-order valence-electron chi connectivity index (χ3n) is 2.86. The highest BCUT2D eigenvalue weighted by atomic mass is 35.5. The van der Waals surface area contributed by atoms with E-state index in [-0.39, 0.29) is 0 Å². The minimum atomic E-state index is 0.873. The lowest BCUT2D eigenvalue weighted by Gasteiger charge is -2.14. The third-order valence-corrected chi connectivity index (χ3v) is 3.23. The van der Waals surface area contributed by atoms with Crippen LogP contribution in [0.4, 0.5) is 5.69 Å². The first-order chi connectivity index (χ1) is 7.67. The monoisotopic (exact) mass is 240 g/mol. The molecule has 1 aromatic carbocycles. The van der Waals surface area contributed by atoms with Crippen molar-refractivity contribution in [3.05, 3.63) is 28.8 Å². The van der Waals surface area contributed by atoms with E-state index in [4.69, 9.17) is 11.6 Å². The maximum Gasteiger partial charge on any atom is 0.0439 e. The second-order valence-electron chi connectivity index (χ2n) is 4.06. The zero-order chi connectivity index (χ0) is 12.0. The average molecular weight is 241 g/mol. The molecule has 2 nitrogen and oxygen atoms in total. The van der Waals surface area contributed by atoms with E-state index < -0.39 is 0 Å². The molecule has 0 atom stereocenters. The van der Waals surface area contributed by atoms with Gasteiger partial charge in [-0.1, -0.05) is 18.5 Å². The molecule has 0 aromatic heterocycles. The molecule has 0 bridgehead atoms. The second kappa shape index (κ2) is 6.77. The Morgan fingerprint density at radius 1 is 1.38 bits per heavy atom. The molecule has 0 heterocycles. The molecule has 90 valence electrons. The van der Waals surface area contributed by atoms with Gasteiger partial charge in [0.15, 0.2) is 0 Å². The van der Waals surface area contributed by atoms with Gasteiger partial charge in [-0.15, -0.1) is 0 Å². The summed E-state index contributed by atoms with van der Waals surface area (Å²) in [7, 11) is 4.07. The van der Waals surface area contributed by atoms with Gasteiger partial charge >= 0.3 is 0 Å². The van der Waals surface area contributed by atoms with Crippen molar-refractivity contribution in [3.8, 4) is 0 Å². The summed E-state index contributed by atoms with van der Waals surface area (Å²) in [5.74, 6) is 0. The Labute approximate surface area is 104 Å². The van der Waals surface area contributed by atoms with E-state index in [2.05, 4.69) is 30.3 Å². The lowest BCUT2D eigenvalue weighted by atomic mass is 10.1. The fraction of sp³-hybridized carbons (Fsp3) is 0.538. The molecular weight excluding hydrogens is 220 g/mol. The number of halogens is 1. The van der Waals surface area contributed by atoms with Gasteiger partial charge in [-0.05, 0) is 56.7 Å². The summed E-state index contributed by atoms with van der Waals surface area (Å²) in [5.41, 5.74) is 2.36. The number of benzene rings is 1. The highest BCUT2D eigenvalue weighted by Gasteiger charge is 2.02. The van der Waals surface area contributed by atoms with Gasteiger partial charge in [-0.3, -0.25) is 0 Å². The van der Waals surface area contributed by atoms with E-state index in [9.17, 15) is 0 Å². The Balaban J connectivity index is 2.52. The summed E-state index contributed by atoms with van der Waals surface area (Å²) < 4.78 is 0. The zero-order valence-electron chi connectivity index (χ0n) is 10.4. The van der Waals surface area contributed by atoms with Crippen LogP contribution in [0.15, 0.2) is 18.2 Å².